The highest BCUT2D eigenvalue weighted by Crippen LogP contribution is 2.26. The van der Waals surface area contributed by atoms with Crippen LogP contribution in [0.5, 0.6) is 0 Å². The molecular weight excluding hydrogens is 252 g/mol. The van der Waals surface area contributed by atoms with Crippen molar-refractivity contribution in [2.45, 2.75) is 51.3 Å². The molecule has 2 N–H and O–H groups in total. The minimum Gasteiger partial charge on any atom is -0.377 e. The van der Waals surface area contributed by atoms with Crippen molar-refractivity contribution < 1.29 is 4.74 Å². The molecule has 3 unspecified atom stereocenters. The SMILES string of the molecule is CCC(N)C(c1cnn(C)c1)N(CC)CC1CCCO1. The molecule has 1 fully saturated rings. The first-order chi connectivity index (χ1) is 9.65. The van der Waals surface area contributed by atoms with Crippen LogP contribution in [-0.4, -0.2) is 46.5 Å². The molecule has 1 aliphatic heterocycles. The standard InChI is InChI=1S/C15H28N4O/c1-4-14(16)15(12-9-17-18(3)10-12)19(5-2)11-13-7-6-8-20-13/h9-10,13-15H,4-8,11,16H2,1-3H3. The van der Waals surface area contributed by atoms with E-state index in [9.17, 15) is 0 Å². The van der Waals surface area contributed by atoms with Gasteiger partial charge in [-0.3, -0.25) is 9.58 Å². The number of hydrogen-bond acceptors (Lipinski definition) is 4. The van der Waals surface area contributed by atoms with Gasteiger partial charge >= 0.3 is 0 Å². The van der Waals surface area contributed by atoms with Crippen molar-refractivity contribution in [1.29, 1.82) is 0 Å². The summed E-state index contributed by atoms with van der Waals surface area (Å²) in [4.78, 5) is 2.45. The van der Waals surface area contributed by atoms with Gasteiger partial charge in [-0.15, -0.1) is 0 Å². The molecule has 20 heavy (non-hydrogen) atoms. The number of ether oxygens (including phenoxy) is 1. The lowest BCUT2D eigenvalue weighted by Crippen LogP contribution is -2.43. The van der Waals surface area contributed by atoms with Gasteiger partial charge in [-0.25, -0.2) is 0 Å². The molecule has 2 rings (SSSR count). The van der Waals surface area contributed by atoms with Crippen molar-refractivity contribution in [3.8, 4) is 0 Å². The maximum Gasteiger partial charge on any atom is 0.0703 e. The fourth-order valence-electron chi connectivity index (χ4n) is 3.03. The van der Waals surface area contributed by atoms with Crippen molar-refractivity contribution >= 4 is 0 Å². The van der Waals surface area contributed by atoms with Crippen LogP contribution in [0.1, 0.15) is 44.7 Å². The first kappa shape index (κ1) is 15.5. The second-order valence-electron chi connectivity index (χ2n) is 5.69. The molecular formula is C15H28N4O. The average molecular weight is 280 g/mol. The third kappa shape index (κ3) is 3.59. The second-order valence-corrected chi connectivity index (χ2v) is 5.69. The van der Waals surface area contributed by atoms with E-state index < -0.39 is 0 Å². The number of hydrogen-bond donors (Lipinski definition) is 1. The summed E-state index contributed by atoms with van der Waals surface area (Å²) in [5.74, 6) is 0. The quantitative estimate of drug-likeness (QED) is 0.826. The Morgan fingerprint density at radius 3 is 2.85 bits per heavy atom. The lowest BCUT2D eigenvalue weighted by atomic mass is 9.98. The van der Waals surface area contributed by atoms with Crippen LogP contribution in [0.4, 0.5) is 0 Å². The van der Waals surface area contributed by atoms with Crippen LogP contribution >= 0.6 is 0 Å². The van der Waals surface area contributed by atoms with E-state index in [1.807, 2.05) is 17.9 Å². The maximum atomic E-state index is 6.39. The van der Waals surface area contributed by atoms with Gasteiger partial charge in [0.15, 0.2) is 0 Å². The summed E-state index contributed by atoms with van der Waals surface area (Å²) in [5, 5.41) is 4.31. The lowest BCUT2D eigenvalue weighted by molar-refractivity contribution is 0.0531. The summed E-state index contributed by atoms with van der Waals surface area (Å²) in [7, 11) is 1.95. The number of aryl methyl sites for hydroxylation is 1. The van der Waals surface area contributed by atoms with Crippen molar-refractivity contribution in [2.75, 3.05) is 19.7 Å². The molecule has 1 saturated heterocycles. The smallest absolute Gasteiger partial charge is 0.0703 e. The van der Waals surface area contributed by atoms with E-state index in [0.717, 1.165) is 32.5 Å². The van der Waals surface area contributed by atoms with Gasteiger partial charge in [0.05, 0.1) is 18.3 Å². The van der Waals surface area contributed by atoms with E-state index in [1.165, 1.54) is 12.0 Å². The minimum atomic E-state index is 0.126. The zero-order valence-corrected chi connectivity index (χ0v) is 13.0. The predicted octanol–water partition coefficient (Wildman–Crippen LogP) is 1.70. The summed E-state index contributed by atoms with van der Waals surface area (Å²) in [6.45, 7) is 7.19. The van der Waals surface area contributed by atoms with E-state index in [1.54, 1.807) is 0 Å². The largest absolute Gasteiger partial charge is 0.377 e. The molecule has 1 aromatic rings. The molecule has 0 aliphatic carbocycles. The fraction of sp³-hybridized carbons (Fsp3) is 0.800. The third-order valence-electron chi connectivity index (χ3n) is 4.21. The monoisotopic (exact) mass is 280 g/mol. The highest BCUT2D eigenvalue weighted by Gasteiger charge is 2.29. The Labute approximate surface area is 122 Å². The van der Waals surface area contributed by atoms with Gasteiger partial charge in [0.25, 0.3) is 0 Å². The van der Waals surface area contributed by atoms with Crippen LogP contribution in [0.3, 0.4) is 0 Å². The summed E-state index contributed by atoms with van der Waals surface area (Å²) in [6, 6.07) is 0.350. The van der Waals surface area contributed by atoms with Gasteiger partial charge in [-0.1, -0.05) is 13.8 Å². The molecule has 5 nitrogen and oxygen atoms in total. The summed E-state index contributed by atoms with van der Waals surface area (Å²) >= 11 is 0. The average Bonchev–Trinajstić information content (AvgIpc) is 3.09. The Bertz CT molecular complexity index is 400. The number of rotatable bonds is 7. The highest BCUT2D eigenvalue weighted by molar-refractivity contribution is 5.13. The zero-order chi connectivity index (χ0) is 14.5. The molecule has 114 valence electrons. The normalized spacial score (nSPS) is 22.4. The molecule has 0 amide bonds. The molecule has 0 spiro atoms. The first-order valence-corrected chi connectivity index (χ1v) is 7.75. The van der Waals surface area contributed by atoms with Crippen LogP contribution in [0.15, 0.2) is 12.4 Å². The second kappa shape index (κ2) is 7.20. The van der Waals surface area contributed by atoms with Crippen LogP contribution in [0.2, 0.25) is 0 Å². The van der Waals surface area contributed by atoms with Crippen molar-refractivity contribution in [2.24, 2.45) is 12.8 Å². The van der Waals surface area contributed by atoms with Gasteiger partial charge in [0.2, 0.25) is 0 Å². The zero-order valence-electron chi connectivity index (χ0n) is 13.0. The molecule has 0 bridgehead atoms. The van der Waals surface area contributed by atoms with Gasteiger partial charge in [0, 0.05) is 38.0 Å². The van der Waals surface area contributed by atoms with Crippen LogP contribution < -0.4 is 5.73 Å². The highest BCUT2D eigenvalue weighted by atomic mass is 16.5. The van der Waals surface area contributed by atoms with Gasteiger partial charge in [-0.05, 0) is 25.8 Å². The Hall–Kier alpha value is -0.910. The molecule has 2 heterocycles. The summed E-state index contributed by atoms with van der Waals surface area (Å²) in [5.41, 5.74) is 7.60. The molecule has 0 saturated carbocycles. The molecule has 0 aromatic carbocycles. The van der Waals surface area contributed by atoms with E-state index in [4.69, 9.17) is 10.5 Å². The number of likely N-dealkylation sites (N-methyl/N-ethyl adjacent to an activating group) is 1. The topological polar surface area (TPSA) is 56.3 Å². The van der Waals surface area contributed by atoms with Crippen LogP contribution in [-0.2, 0) is 11.8 Å². The summed E-state index contributed by atoms with van der Waals surface area (Å²) in [6.07, 6.45) is 7.69. The molecule has 1 aliphatic rings. The van der Waals surface area contributed by atoms with Crippen molar-refractivity contribution in [3.63, 3.8) is 0 Å². The Balaban J connectivity index is 2.14. The fourth-order valence-corrected chi connectivity index (χ4v) is 3.03. The first-order valence-electron chi connectivity index (χ1n) is 7.75. The molecule has 1 aromatic heterocycles. The van der Waals surface area contributed by atoms with Gasteiger partial charge in [-0.2, -0.15) is 5.10 Å². The minimum absolute atomic E-state index is 0.126. The number of nitrogens with two attached hydrogens (primary N) is 1. The van der Waals surface area contributed by atoms with Crippen LogP contribution in [0, 0.1) is 0 Å². The van der Waals surface area contributed by atoms with E-state index >= 15 is 0 Å². The Morgan fingerprint density at radius 1 is 1.55 bits per heavy atom. The number of aromatic nitrogens is 2. The van der Waals surface area contributed by atoms with Gasteiger partial charge < -0.3 is 10.5 Å². The predicted molar refractivity (Wildman–Crippen MR) is 80.4 cm³/mol. The number of nitrogens with zero attached hydrogens (tertiary/aromatic N) is 3. The van der Waals surface area contributed by atoms with E-state index in [2.05, 4.69) is 30.0 Å². The van der Waals surface area contributed by atoms with Crippen LogP contribution in [0.25, 0.3) is 0 Å². The van der Waals surface area contributed by atoms with Crippen molar-refractivity contribution in [3.05, 3.63) is 18.0 Å². The molecule has 3 atom stereocenters. The lowest BCUT2D eigenvalue weighted by Gasteiger charge is -2.35. The van der Waals surface area contributed by atoms with E-state index in [0.29, 0.717) is 6.10 Å². The van der Waals surface area contributed by atoms with E-state index in [-0.39, 0.29) is 12.1 Å². The molecule has 0 radical (unpaired) electrons. The maximum absolute atomic E-state index is 6.39. The Morgan fingerprint density at radius 2 is 2.35 bits per heavy atom. The third-order valence-corrected chi connectivity index (χ3v) is 4.21. The van der Waals surface area contributed by atoms with Gasteiger partial charge in [0.1, 0.15) is 0 Å². The van der Waals surface area contributed by atoms with Crippen molar-refractivity contribution in [1.82, 2.24) is 14.7 Å². The molecule has 5 heteroatoms. The summed E-state index contributed by atoms with van der Waals surface area (Å²) < 4.78 is 7.64. The Kier molecular flexibility index (Phi) is 5.57.